The van der Waals surface area contributed by atoms with E-state index in [1.807, 2.05) is 31.2 Å². The van der Waals surface area contributed by atoms with E-state index in [1.54, 1.807) is 14.2 Å². The minimum absolute atomic E-state index is 0.0267. The van der Waals surface area contributed by atoms with Crippen LogP contribution in [-0.2, 0) is 9.47 Å². The lowest BCUT2D eigenvalue weighted by Gasteiger charge is -2.24. The largest absolute Gasteiger partial charge is 0.491 e. The molecule has 19 heavy (non-hydrogen) atoms. The van der Waals surface area contributed by atoms with Crippen LogP contribution >= 0.6 is 0 Å². The summed E-state index contributed by atoms with van der Waals surface area (Å²) in [6, 6.07) is 7.93. The van der Waals surface area contributed by atoms with Crippen LogP contribution in [0.2, 0.25) is 0 Å². The summed E-state index contributed by atoms with van der Waals surface area (Å²) in [5.74, 6) is 1.35. The van der Waals surface area contributed by atoms with E-state index < -0.39 is 0 Å². The summed E-state index contributed by atoms with van der Waals surface area (Å²) in [5.41, 5.74) is 0.953. The molecule has 1 unspecified atom stereocenters. The van der Waals surface area contributed by atoms with E-state index in [0.717, 1.165) is 11.4 Å². The molecular formula is C15H25NO3. The molecule has 0 aliphatic heterocycles. The zero-order valence-corrected chi connectivity index (χ0v) is 12.5. The smallest absolute Gasteiger partial charge is 0.176 e. The van der Waals surface area contributed by atoms with Crippen molar-refractivity contribution in [3.05, 3.63) is 24.3 Å². The maximum Gasteiger partial charge on any atom is 0.176 e. The van der Waals surface area contributed by atoms with Gasteiger partial charge in [0, 0.05) is 14.2 Å². The van der Waals surface area contributed by atoms with Crippen LogP contribution in [0.4, 0.5) is 5.69 Å². The normalized spacial score (nSPS) is 12.8. The summed E-state index contributed by atoms with van der Waals surface area (Å²) < 4.78 is 16.3. The van der Waals surface area contributed by atoms with Crippen molar-refractivity contribution in [2.45, 2.75) is 33.1 Å². The fraction of sp³-hybridized carbons (Fsp3) is 0.600. The van der Waals surface area contributed by atoms with E-state index in [1.165, 1.54) is 0 Å². The van der Waals surface area contributed by atoms with Crippen LogP contribution in [0.5, 0.6) is 5.75 Å². The Labute approximate surface area is 116 Å². The molecule has 1 atom stereocenters. The van der Waals surface area contributed by atoms with Crippen LogP contribution in [0.1, 0.15) is 20.8 Å². The Morgan fingerprint density at radius 3 is 2.26 bits per heavy atom. The molecule has 1 aromatic carbocycles. The second-order valence-corrected chi connectivity index (χ2v) is 4.97. The molecule has 0 spiro atoms. The van der Waals surface area contributed by atoms with E-state index in [0.29, 0.717) is 12.5 Å². The highest BCUT2D eigenvalue weighted by Crippen LogP contribution is 2.25. The van der Waals surface area contributed by atoms with Crippen molar-refractivity contribution in [3.8, 4) is 5.75 Å². The van der Waals surface area contributed by atoms with Gasteiger partial charge in [-0.2, -0.15) is 0 Å². The van der Waals surface area contributed by atoms with Gasteiger partial charge in [-0.05, 0) is 25.0 Å². The third kappa shape index (κ3) is 5.09. The van der Waals surface area contributed by atoms with Gasteiger partial charge in [0.15, 0.2) is 6.29 Å². The van der Waals surface area contributed by atoms with E-state index in [2.05, 4.69) is 19.2 Å². The van der Waals surface area contributed by atoms with Gasteiger partial charge in [-0.25, -0.2) is 0 Å². The van der Waals surface area contributed by atoms with Crippen LogP contribution in [-0.4, -0.2) is 33.2 Å². The number of methoxy groups -OCH3 is 2. The Morgan fingerprint density at radius 1 is 1.05 bits per heavy atom. The molecule has 4 nitrogen and oxygen atoms in total. The molecule has 1 N–H and O–H groups in total. The Balaban J connectivity index is 2.71. The van der Waals surface area contributed by atoms with E-state index in [4.69, 9.17) is 14.2 Å². The summed E-state index contributed by atoms with van der Waals surface area (Å²) in [6.07, 6.45) is -0.293. The van der Waals surface area contributed by atoms with Crippen LogP contribution in [0.3, 0.4) is 0 Å². The van der Waals surface area contributed by atoms with Crippen LogP contribution in [0.15, 0.2) is 24.3 Å². The first-order valence-electron chi connectivity index (χ1n) is 6.62. The maximum atomic E-state index is 5.80. The number of benzene rings is 1. The number of ether oxygens (including phenoxy) is 3. The molecule has 1 rings (SSSR count). The Bertz CT molecular complexity index is 364. The quantitative estimate of drug-likeness (QED) is 0.735. The lowest BCUT2D eigenvalue weighted by Crippen LogP contribution is -2.33. The highest BCUT2D eigenvalue weighted by molar-refractivity contribution is 5.56. The van der Waals surface area contributed by atoms with Gasteiger partial charge in [0.1, 0.15) is 5.75 Å². The Morgan fingerprint density at radius 2 is 1.68 bits per heavy atom. The average molecular weight is 267 g/mol. The van der Waals surface area contributed by atoms with Crippen molar-refractivity contribution in [1.82, 2.24) is 0 Å². The first-order valence-corrected chi connectivity index (χ1v) is 6.62. The standard InChI is InChI=1S/C15H25NO3/c1-11(2)10-19-14-9-7-6-8-13(14)16-12(3)15(17-4)18-5/h6-9,11-12,15-16H,10H2,1-5H3. The predicted octanol–water partition coefficient (Wildman–Crippen LogP) is 3.14. The predicted molar refractivity (Wildman–Crippen MR) is 77.7 cm³/mol. The topological polar surface area (TPSA) is 39.7 Å². The van der Waals surface area contributed by atoms with Gasteiger partial charge in [-0.1, -0.05) is 26.0 Å². The van der Waals surface area contributed by atoms with Gasteiger partial charge >= 0.3 is 0 Å². The fourth-order valence-electron chi connectivity index (χ4n) is 1.79. The molecule has 0 heterocycles. The van der Waals surface area contributed by atoms with Crippen LogP contribution in [0.25, 0.3) is 0 Å². The van der Waals surface area contributed by atoms with E-state index >= 15 is 0 Å². The summed E-state index contributed by atoms with van der Waals surface area (Å²) in [6.45, 7) is 6.97. The van der Waals surface area contributed by atoms with Gasteiger partial charge in [0.25, 0.3) is 0 Å². The SMILES string of the molecule is COC(OC)C(C)Nc1ccccc1OCC(C)C. The molecule has 0 radical (unpaired) electrons. The first-order chi connectivity index (χ1) is 9.08. The maximum absolute atomic E-state index is 5.80. The second kappa shape index (κ2) is 8.02. The van der Waals surface area contributed by atoms with Crippen molar-refractivity contribution in [1.29, 1.82) is 0 Å². The molecule has 0 aliphatic rings. The second-order valence-electron chi connectivity index (χ2n) is 4.97. The van der Waals surface area contributed by atoms with Crippen molar-refractivity contribution in [2.24, 2.45) is 5.92 Å². The summed E-state index contributed by atoms with van der Waals surface area (Å²) >= 11 is 0. The minimum atomic E-state index is -0.293. The van der Waals surface area contributed by atoms with Gasteiger partial charge in [-0.3, -0.25) is 0 Å². The monoisotopic (exact) mass is 267 g/mol. The lowest BCUT2D eigenvalue weighted by molar-refractivity contribution is -0.109. The molecule has 0 saturated carbocycles. The fourth-order valence-corrected chi connectivity index (χ4v) is 1.79. The third-order valence-electron chi connectivity index (χ3n) is 2.72. The van der Waals surface area contributed by atoms with Gasteiger partial charge < -0.3 is 19.5 Å². The molecule has 108 valence electrons. The lowest BCUT2D eigenvalue weighted by atomic mass is 10.2. The van der Waals surface area contributed by atoms with Crippen molar-refractivity contribution in [3.63, 3.8) is 0 Å². The number of hydrogen-bond acceptors (Lipinski definition) is 4. The van der Waals surface area contributed by atoms with Gasteiger partial charge in [-0.15, -0.1) is 0 Å². The van der Waals surface area contributed by atoms with Crippen molar-refractivity contribution < 1.29 is 14.2 Å². The highest BCUT2D eigenvalue weighted by Gasteiger charge is 2.17. The number of rotatable bonds is 8. The van der Waals surface area contributed by atoms with E-state index in [9.17, 15) is 0 Å². The van der Waals surface area contributed by atoms with Crippen LogP contribution in [0, 0.1) is 5.92 Å². The minimum Gasteiger partial charge on any atom is -0.491 e. The Hall–Kier alpha value is -1.26. The molecule has 1 aromatic rings. The summed E-state index contributed by atoms with van der Waals surface area (Å²) in [5, 5.41) is 3.36. The van der Waals surface area contributed by atoms with Crippen molar-refractivity contribution >= 4 is 5.69 Å². The molecule has 0 bridgehead atoms. The zero-order chi connectivity index (χ0) is 14.3. The molecule has 0 aromatic heterocycles. The molecule has 4 heteroatoms. The molecular weight excluding hydrogens is 242 g/mol. The molecule has 0 aliphatic carbocycles. The van der Waals surface area contributed by atoms with Gasteiger partial charge in [0.05, 0.1) is 18.3 Å². The Kier molecular flexibility index (Phi) is 6.67. The number of hydrogen-bond donors (Lipinski definition) is 1. The number of para-hydroxylation sites is 2. The number of anilines is 1. The summed E-state index contributed by atoms with van der Waals surface area (Å²) in [4.78, 5) is 0. The molecule has 0 saturated heterocycles. The third-order valence-corrected chi connectivity index (χ3v) is 2.72. The zero-order valence-electron chi connectivity index (χ0n) is 12.5. The average Bonchev–Trinajstić information content (AvgIpc) is 2.39. The van der Waals surface area contributed by atoms with E-state index in [-0.39, 0.29) is 12.3 Å². The van der Waals surface area contributed by atoms with Gasteiger partial charge in [0.2, 0.25) is 0 Å². The van der Waals surface area contributed by atoms with Crippen LogP contribution < -0.4 is 10.1 Å². The first kappa shape index (κ1) is 15.8. The highest BCUT2D eigenvalue weighted by atomic mass is 16.7. The summed E-state index contributed by atoms with van der Waals surface area (Å²) in [7, 11) is 3.26. The van der Waals surface area contributed by atoms with Crippen molar-refractivity contribution in [2.75, 3.05) is 26.1 Å². The molecule has 0 fully saturated rings. The number of nitrogens with one attached hydrogen (secondary N) is 1. The molecule has 0 amide bonds.